The minimum absolute atomic E-state index is 0. The number of hydrogen-bond acceptors (Lipinski definition) is 4. The molecule has 3 rings (SSSR count). The lowest BCUT2D eigenvalue weighted by Gasteiger charge is -2.38. The second kappa shape index (κ2) is 11.9. The lowest BCUT2D eigenvalue weighted by molar-refractivity contribution is 0.140. The molecule has 0 fully saturated rings. The Morgan fingerprint density at radius 3 is 2.66 bits per heavy atom. The summed E-state index contributed by atoms with van der Waals surface area (Å²) in [5, 5.41) is 10.2. The summed E-state index contributed by atoms with van der Waals surface area (Å²) in [7, 11) is 1.84. The fourth-order valence-corrected chi connectivity index (χ4v) is 4.49. The molecule has 0 amide bonds. The van der Waals surface area contributed by atoms with Gasteiger partial charge in [-0.15, -0.1) is 35.3 Å². The summed E-state index contributed by atoms with van der Waals surface area (Å²) >= 11 is 1.71. The minimum atomic E-state index is 0. The molecule has 0 saturated carbocycles. The molecular formula is C22H34IN5S. The fourth-order valence-electron chi connectivity index (χ4n) is 3.84. The van der Waals surface area contributed by atoms with E-state index in [0.717, 1.165) is 55.7 Å². The van der Waals surface area contributed by atoms with E-state index in [1.165, 1.54) is 11.1 Å². The molecule has 1 unspecified atom stereocenters. The van der Waals surface area contributed by atoms with E-state index in [2.05, 4.69) is 69.0 Å². The Morgan fingerprint density at radius 2 is 2.00 bits per heavy atom. The van der Waals surface area contributed by atoms with Crippen molar-refractivity contribution < 1.29 is 0 Å². The van der Waals surface area contributed by atoms with Gasteiger partial charge in [-0.2, -0.15) is 0 Å². The van der Waals surface area contributed by atoms with Crippen LogP contribution in [0.5, 0.6) is 0 Å². The van der Waals surface area contributed by atoms with Crippen molar-refractivity contribution in [2.45, 2.75) is 46.2 Å². The molecule has 160 valence electrons. The number of fused-ring (bicyclic) bond motifs is 1. The molecule has 1 aliphatic rings. The molecule has 1 aliphatic heterocycles. The normalized spacial score (nSPS) is 15.6. The number of halogens is 1. The summed E-state index contributed by atoms with van der Waals surface area (Å²) in [6.07, 6.45) is 2.06. The summed E-state index contributed by atoms with van der Waals surface area (Å²) in [6, 6.07) is 9.32. The second-order valence-electron chi connectivity index (χ2n) is 7.79. The first-order valence-corrected chi connectivity index (χ1v) is 11.1. The van der Waals surface area contributed by atoms with Gasteiger partial charge in [-0.25, -0.2) is 4.98 Å². The highest BCUT2D eigenvalue weighted by Gasteiger charge is 2.25. The Labute approximate surface area is 196 Å². The van der Waals surface area contributed by atoms with E-state index in [9.17, 15) is 0 Å². The zero-order chi connectivity index (χ0) is 19.9. The Balaban J connectivity index is 0.00000300. The van der Waals surface area contributed by atoms with Crippen LogP contribution in [-0.4, -0.2) is 48.6 Å². The molecule has 2 aromatic rings. The molecule has 2 N–H and O–H groups in total. The lowest BCUT2D eigenvalue weighted by atomic mass is 9.95. The quantitative estimate of drug-likeness (QED) is 0.326. The van der Waals surface area contributed by atoms with Gasteiger partial charge in [0.15, 0.2) is 5.96 Å². The van der Waals surface area contributed by atoms with Gasteiger partial charge in [-0.05, 0) is 30.4 Å². The predicted molar refractivity (Wildman–Crippen MR) is 135 cm³/mol. The van der Waals surface area contributed by atoms with Gasteiger partial charge in [-0.1, -0.05) is 38.1 Å². The Bertz CT molecular complexity index is 789. The van der Waals surface area contributed by atoms with E-state index in [4.69, 9.17) is 0 Å². The highest BCUT2D eigenvalue weighted by molar-refractivity contribution is 14.0. The standard InChI is InChI=1S/C22H33N5S.HI/c1-16(2)21(27-12-10-18-7-5-6-8-19(18)14-27)13-25-22(23-4)24-11-9-20-15-28-17(3)26-20;/h5-8,15-16,21H,9-14H2,1-4H3,(H2,23,24,25);1H. The van der Waals surface area contributed by atoms with Gasteiger partial charge in [0, 0.05) is 51.1 Å². The van der Waals surface area contributed by atoms with E-state index < -0.39 is 0 Å². The molecule has 5 nitrogen and oxygen atoms in total. The first-order valence-electron chi connectivity index (χ1n) is 10.2. The monoisotopic (exact) mass is 527 g/mol. The van der Waals surface area contributed by atoms with Crippen LogP contribution in [0.1, 0.15) is 35.7 Å². The van der Waals surface area contributed by atoms with E-state index in [0.29, 0.717) is 12.0 Å². The maximum Gasteiger partial charge on any atom is 0.191 e. The number of aryl methyl sites for hydroxylation is 1. The molecule has 1 aromatic heterocycles. The number of aliphatic imine (C=N–C) groups is 1. The average Bonchev–Trinajstić information content (AvgIpc) is 3.11. The largest absolute Gasteiger partial charge is 0.356 e. The van der Waals surface area contributed by atoms with Gasteiger partial charge in [0.05, 0.1) is 10.7 Å². The van der Waals surface area contributed by atoms with Crippen molar-refractivity contribution in [2.24, 2.45) is 10.9 Å². The van der Waals surface area contributed by atoms with Crippen molar-refractivity contribution in [1.29, 1.82) is 0 Å². The number of nitrogens with one attached hydrogen (secondary N) is 2. The first kappa shape index (κ1) is 24.1. The third-order valence-corrected chi connectivity index (χ3v) is 6.26. The zero-order valence-corrected chi connectivity index (χ0v) is 21.1. The van der Waals surface area contributed by atoms with Gasteiger partial charge in [0.2, 0.25) is 0 Å². The van der Waals surface area contributed by atoms with Gasteiger partial charge in [-0.3, -0.25) is 9.89 Å². The molecule has 1 atom stereocenters. The molecule has 7 heteroatoms. The fraction of sp³-hybridized carbons (Fsp3) is 0.545. The summed E-state index contributed by atoms with van der Waals surface area (Å²) in [4.78, 5) is 11.5. The van der Waals surface area contributed by atoms with Crippen LogP contribution in [0.4, 0.5) is 0 Å². The molecular weight excluding hydrogens is 493 g/mol. The number of thiazole rings is 1. The predicted octanol–water partition coefficient (Wildman–Crippen LogP) is 3.86. The van der Waals surface area contributed by atoms with Crippen molar-refractivity contribution >= 4 is 41.3 Å². The van der Waals surface area contributed by atoms with Crippen LogP contribution >= 0.6 is 35.3 Å². The molecule has 29 heavy (non-hydrogen) atoms. The topological polar surface area (TPSA) is 52.6 Å². The second-order valence-corrected chi connectivity index (χ2v) is 8.85. The molecule has 0 aliphatic carbocycles. The summed E-state index contributed by atoms with van der Waals surface area (Å²) in [5.41, 5.74) is 4.13. The van der Waals surface area contributed by atoms with Gasteiger partial charge >= 0.3 is 0 Å². The lowest BCUT2D eigenvalue weighted by Crippen LogP contribution is -2.50. The van der Waals surface area contributed by atoms with Crippen LogP contribution in [0, 0.1) is 12.8 Å². The summed E-state index contributed by atoms with van der Waals surface area (Å²) < 4.78 is 0. The average molecular weight is 528 g/mol. The zero-order valence-electron chi connectivity index (χ0n) is 17.9. The van der Waals surface area contributed by atoms with Crippen LogP contribution in [-0.2, 0) is 19.4 Å². The third kappa shape index (κ3) is 6.93. The van der Waals surface area contributed by atoms with Crippen LogP contribution in [0.15, 0.2) is 34.6 Å². The van der Waals surface area contributed by atoms with Crippen LogP contribution in [0.3, 0.4) is 0 Å². The molecule has 2 heterocycles. The SMILES string of the molecule is CN=C(NCCc1csc(C)n1)NCC(C(C)C)N1CCc2ccccc2C1.I. The number of hydrogen-bond donors (Lipinski definition) is 2. The smallest absolute Gasteiger partial charge is 0.191 e. The highest BCUT2D eigenvalue weighted by atomic mass is 127. The highest BCUT2D eigenvalue weighted by Crippen LogP contribution is 2.22. The Kier molecular flexibility index (Phi) is 9.85. The van der Waals surface area contributed by atoms with Crippen LogP contribution < -0.4 is 10.6 Å². The van der Waals surface area contributed by atoms with Crippen molar-refractivity contribution in [1.82, 2.24) is 20.5 Å². The van der Waals surface area contributed by atoms with E-state index >= 15 is 0 Å². The van der Waals surface area contributed by atoms with Crippen molar-refractivity contribution in [3.05, 3.63) is 51.5 Å². The summed E-state index contributed by atoms with van der Waals surface area (Å²) in [6.45, 7) is 10.6. The number of aromatic nitrogens is 1. The van der Waals surface area contributed by atoms with Gasteiger partial charge in [0.1, 0.15) is 0 Å². The molecule has 0 radical (unpaired) electrons. The number of benzene rings is 1. The number of rotatable bonds is 7. The molecule has 0 spiro atoms. The maximum absolute atomic E-state index is 4.52. The summed E-state index contributed by atoms with van der Waals surface area (Å²) in [5.74, 6) is 1.45. The molecule has 1 aromatic carbocycles. The van der Waals surface area contributed by atoms with E-state index in [1.807, 2.05) is 14.0 Å². The van der Waals surface area contributed by atoms with Gasteiger partial charge < -0.3 is 10.6 Å². The minimum Gasteiger partial charge on any atom is -0.356 e. The van der Waals surface area contributed by atoms with Crippen LogP contribution in [0.25, 0.3) is 0 Å². The van der Waals surface area contributed by atoms with Crippen molar-refractivity contribution in [2.75, 3.05) is 26.7 Å². The Morgan fingerprint density at radius 1 is 1.24 bits per heavy atom. The maximum atomic E-state index is 4.52. The third-order valence-electron chi connectivity index (χ3n) is 5.44. The van der Waals surface area contributed by atoms with Crippen molar-refractivity contribution in [3.8, 4) is 0 Å². The van der Waals surface area contributed by atoms with Crippen molar-refractivity contribution in [3.63, 3.8) is 0 Å². The number of nitrogens with zero attached hydrogens (tertiary/aromatic N) is 3. The Hall–Kier alpha value is -1.19. The first-order chi connectivity index (χ1) is 13.6. The van der Waals surface area contributed by atoms with E-state index in [-0.39, 0.29) is 24.0 Å². The molecule has 0 saturated heterocycles. The van der Waals surface area contributed by atoms with Crippen LogP contribution in [0.2, 0.25) is 0 Å². The van der Waals surface area contributed by atoms with Gasteiger partial charge in [0.25, 0.3) is 0 Å². The van der Waals surface area contributed by atoms with E-state index in [1.54, 1.807) is 11.3 Å². The molecule has 0 bridgehead atoms. The number of guanidine groups is 1.